The number of para-hydroxylation sites is 1. The summed E-state index contributed by atoms with van der Waals surface area (Å²) in [6, 6.07) is 12.5. The second-order valence-electron chi connectivity index (χ2n) is 9.00. The van der Waals surface area contributed by atoms with Gasteiger partial charge in [-0.05, 0) is 69.9 Å². The van der Waals surface area contributed by atoms with Crippen LogP contribution >= 0.6 is 0 Å². The Morgan fingerprint density at radius 3 is 2.66 bits per heavy atom. The van der Waals surface area contributed by atoms with E-state index in [9.17, 15) is 9.18 Å². The standard InChI is InChI=1S/C24H29FN2O2/c1-17-8-5-11-20(21(17)29-4)22(28)26-13-7-12-24(26)15-23(2,3)27(16-24)19-10-6-9-18(25)14-19/h5-6,8-11,14H,7,12-13,15-16H2,1-4H3. The first-order valence-electron chi connectivity index (χ1n) is 10.3. The van der Waals surface area contributed by atoms with Gasteiger partial charge in [-0.2, -0.15) is 0 Å². The number of ether oxygens (including phenoxy) is 1. The summed E-state index contributed by atoms with van der Waals surface area (Å²) in [5.41, 5.74) is 2.03. The summed E-state index contributed by atoms with van der Waals surface area (Å²) < 4.78 is 19.4. The van der Waals surface area contributed by atoms with E-state index in [1.807, 2.05) is 36.1 Å². The summed E-state index contributed by atoms with van der Waals surface area (Å²) in [5, 5.41) is 0. The predicted molar refractivity (Wildman–Crippen MR) is 113 cm³/mol. The Morgan fingerprint density at radius 2 is 1.93 bits per heavy atom. The second-order valence-corrected chi connectivity index (χ2v) is 9.00. The monoisotopic (exact) mass is 396 g/mol. The van der Waals surface area contributed by atoms with Crippen molar-refractivity contribution in [2.75, 3.05) is 25.1 Å². The van der Waals surface area contributed by atoms with Gasteiger partial charge >= 0.3 is 0 Å². The van der Waals surface area contributed by atoms with Gasteiger partial charge in [0.1, 0.15) is 11.6 Å². The van der Waals surface area contributed by atoms with Crippen molar-refractivity contribution in [1.29, 1.82) is 0 Å². The Bertz CT molecular complexity index is 942. The van der Waals surface area contributed by atoms with Crippen LogP contribution in [0.2, 0.25) is 0 Å². The van der Waals surface area contributed by atoms with Gasteiger partial charge in [0.2, 0.25) is 0 Å². The molecule has 29 heavy (non-hydrogen) atoms. The molecule has 0 radical (unpaired) electrons. The second kappa shape index (κ2) is 7.05. The largest absolute Gasteiger partial charge is 0.496 e. The number of carbonyl (C=O) groups is 1. The van der Waals surface area contributed by atoms with Gasteiger partial charge in [0, 0.05) is 24.3 Å². The molecule has 1 atom stereocenters. The molecule has 2 aromatic carbocycles. The van der Waals surface area contributed by atoms with Crippen LogP contribution in [0, 0.1) is 12.7 Å². The van der Waals surface area contributed by atoms with Crippen LogP contribution in [-0.4, -0.2) is 42.1 Å². The number of nitrogens with zero attached hydrogens (tertiary/aromatic N) is 2. The molecule has 2 aliphatic rings. The van der Waals surface area contributed by atoms with Gasteiger partial charge in [-0.1, -0.05) is 18.2 Å². The van der Waals surface area contributed by atoms with Crippen molar-refractivity contribution in [3.8, 4) is 5.75 Å². The Balaban J connectivity index is 1.69. The van der Waals surface area contributed by atoms with Crippen molar-refractivity contribution in [2.45, 2.75) is 51.1 Å². The molecule has 2 heterocycles. The van der Waals surface area contributed by atoms with Crippen molar-refractivity contribution in [3.63, 3.8) is 0 Å². The van der Waals surface area contributed by atoms with E-state index in [-0.39, 0.29) is 22.8 Å². The number of aryl methyl sites for hydroxylation is 1. The SMILES string of the molecule is COc1c(C)cccc1C(=O)N1CCCC12CN(c1cccc(F)c1)C(C)(C)C2. The molecule has 1 amide bonds. The number of benzene rings is 2. The molecular formula is C24H29FN2O2. The van der Waals surface area contributed by atoms with Crippen molar-refractivity contribution in [3.05, 3.63) is 59.4 Å². The number of methoxy groups -OCH3 is 1. The third-order valence-corrected chi connectivity index (χ3v) is 6.55. The van der Waals surface area contributed by atoms with Crippen molar-refractivity contribution >= 4 is 11.6 Å². The number of hydrogen-bond donors (Lipinski definition) is 0. The highest BCUT2D eigenvalue weighted by Crippen LogP contribution is 2.47. The molecule has 0 bridgehead atoms. The molecule has 0 aliphatic carbocycles. The first-order chi connectivity index (χ1) is 13.8. The molecule has 0 N–H and O–H groups in total. The fraction of sp³-hybridized carbons (Fsp3) is 0.458. The zero-order valence-corrected chi connectivity index (χ0v) is 17.7. The lowest BCUT2D eigenvalue weighted by molar-refractivity contribution is 0.0614. The molecule has 4 rings (SSSR count). The molecule has 1 spiro atoms. The van der Waals surface area contributed by atoms with Crippen LogP contribution in [0.1, 0.15) is 49.0 Å². The fourth-order valence-corrected chi connectivity index (χ4v) is 5.39. The van der Waals surface area contributed by atoms with E-state index in [2.05, 4.69) is 18.7 Å². The number of halogens is 1. The molecule has 0 aromatic heterocycles. The zero-order chi connectivity index (χ0) is 20.8. The van der Waals surface area contributed by atoms with E-state index < -0.39 is 0 Å². The lowest BCUT2D eigenvalue weighted by atomic mass is 9.87. The van der Waals surface area contributed by atoms with Gasteiger partial charge in [0.05, 0.1) is 18.2 Å². The number of likely N-dealkylation sites (tertiary alicyclic amines) is 1. The van der Waals surface area contributed by atoms with Gasteiger partial charge in [0.15, 0.2) is 0 Å². The minimum Gasteiger partial charge on any atom is -0.496 e. The molecule has 2 saturated heterocycles. The van der Waals surface area contributed by atoms with Crippen molar-refractivity contribution in [1.82, 2.24) is 4.90 Å². The average molecular weight is 397 g/mol. The molecule has 154 valence electrons. The average Bonchev–Trinajstić information content (AvgIpc) is 3.20. The van der Waals surface area contributed by atoms with Crippen LogP contribution in [0.5, 0.6) is 5.75 Å². The highest BCUT2D eigenvalue weighted by molar-refractivity contribution is 5.98. The molecule has 2 aliphatic heterocycles. The maximum absolute atomic E-state index is 13.9. The maximum Gasteiger partial charge on any atom is 0.258 e. The number of rotatable bonds is 3. The van der Waals surface area contributed by atoms with Crippen LogP contribution in [0.3, 0.4) is 0 Å². The first kappa shape index (κ1) is 19.7. The maximum atomic E-state index is 13.9. The summed E-state index contributed by atoms with van der Waals surface area (Å²) in [6.45, 7) is 7.77. The van der Waals surface area contributed by atoms with Gasteiger partial charge in [-0.15, -0.1) is 0 Å². The van der Waals surface area contributed by atoms with Gasteiger partial charge in [-0.25, -0.2) is 4.39 Å². The number of hydrogen-bond acceptors (Lipinski definition) is 3. The van der Waals surface area contributed by atoms with Crippen LogP contribution in [0.15, 0.2) is 42.5 Å². The molecular weight excluding hydrogens is 367 g/mol. The number of amides is 1. The van der Waals surface area contributed by atoms with E-state index in [4.69, 9.17) is 4.74 Å². The predicted octanol–water partition coefficient (Wildman–Crippen LogP) is 4.81. The number of anilines is 1. The summed E-state index contributed by atoms with van der Waals surface area (Å²) in [6.07, 6.45) is 2.80. The minimum absolute atomic E-state index is 0.0277. The summed E-state index contributed by atoms with van der Waals surface area (Å²) in [7, 11) is 1.61. The van der Waals surface area contributed by atoms with Gasteiger partial charge < -0.3 is 14.5 Å². The highest BCUT2D eigenvalue weighted by Gasteiger charge is 2.55. The van der Waals surface area contributed by atoms with Crippen LogP contribution in [0.25, 0.3) is 0 Å². The Hall–Kier alpha value is -2.56. The lowest BCUT2D eigenvalue weighted by Gasteiger charge is -2.35. The van der Waals surface area contributed by atoms with Crippen LogP contribution in [-0.2, 0) is 0 Å². The Morgan fingerprint density at radius 1 is 1.17 bits per heavy atom. The summed E-state index contributed by atoms with van der Waals surface area (Å²) >= 11 is 0. The van der Waals surface area contributed by atoms with Crippen LogP contribution < -0.4 is 9.64 Å². The molecule has 4 nitrogen and oxygen atoms in total. The molecule has 2 aromatic rings. The van der Waals surface area contributed by atoms with E-state index in [0.717, 1.165) is 37.1 Å². The Labute approximate surface area is 172 Å². The summed E-state index contributed by atoms with van der Waals surface area (Å²) in [5.74, 6) is 0.446. The van der Waals surface area contributed by atoms with Crippen LogP contribution in [0.4, 0.5) is 10.1 Å². The van der Waals surface area contributed by atoms with Gasteiger partial charge in [0.25, 0.3) is 5.91 Å². The van der Waals surface area contributed by atoms with Gasteiger partial charge in [-0.3, -0.25) is 4.79 Å². The van der Waals surface area contributed by atoms with Crippen molar-refractivity contribution in [2.24, 2.45) is 0 Å². The first-order valence-corrected chi connectivity index (χ1v) is 10.3. The molecule has 1 unspecified atom stereocenters. The smallest absolute Gasteiger partial charge is 0.258 e. The third kappa shape index (κ3) is 3.26. The third-order valence-electron chi connectivity index (χ3n) is 6.55. The normalized spacial score (nSPS) is 23.1. The minimum atomic E-state index is -0.248. The zero-order valence-electron chi connectivity index (χ0n) is 17.7. The molecule has 2 fully saturated rings. The fourth-order valence-electron chi connectivity index (χ4n) is 5.39. The lowest BCUT2D eigenvalue weighted by Crippen LogP contribution is -2.49. The molecule has 0 saturated carbocycles. The quantitative estimate of drug-likeness (QED) is 0.747. The van der Waals surface area contributed by atoms with Crippen molar-refractivity contribution < 1.29 is 13.9 Å². The van der Waals surface area contributed by atoms with E-state index in [1.54, 1.807) is 19.2 Å². The molecule has 5 heteroatoms. The van der Waals surface area contributed by atoms with E-state index in [0.29, 0.717) is 17.9 Å². The summed E-state index contributed by atoms with van der Waals surface area (Å²) in [4.78, 5) is 17.9. The topological polar surface area (TPSA) is 32.8 Å². The highest BCUT2D eigenvalue weighted by atomic mass is 19.1. The Kier molecular flexibility index (Phi) is 4.80. The van der Waals surface area contributed by atoms with E-state index >= 15 is 0 Å². The van der Waals surface area contributed by atoms with E-state index in [1.165, 1.54) is 6.07 Å². The number of carbonyl (C=O) groups excluding carboxylic acids is 1.